The van der Waals surface area contributed by atoms with E-state index in [1.54, 1.807) is 4.90 Å². The van der Waals surface area contributed by atoms with Gasteiger partial charge in [-0.15, -0.1) is 0 Å². The predicted octanol–water partition coefficient (Wildman–Crippen LogP) is -2.76. The van der Waals surface area contributed by atoms with Gasteiger partial charge in [-0.2, -0.15) is 0 Å². The molecule has 14 nitrogen and oxygen atoms in total. The van der Waals surface area contributed by atoms with E-state index in [1.807, 2.05) is 36.4 Å². The average Bonchev–Trinajstić information content (AvgIpc) is 3.71. The second-order valence-corrected chi connectivity index (χ2v) is 14.1. The van der Waals surface area contributed by atoms with E-state index < -0.39 is 85.7 Å². The highest BCUT2D eigenvalue weighted by Gasteiger charge is 2.48. The first-order chi connectivity index (χ1) is 24.9. The minimum Gasteiger partial charge on any atom is -0.394 e. The molecule has 2 aromatic carbocycles. The lowest BCUT2D eigenvalue weighted by atomic mass is 9.70. The first-order valence-corrected chi connectivity index (χ1v) is 17.5. The maximum Gasteiger partial charge on any atom is 0.245 e. The van der Waals surface area contributed by atoms with Crippen LogP contribution in [-0.2, 0) is 24.5 Å². The van der Waals surface area contributed by atoms with E-state index in [9.17, 15) is 50.4 Å². The molecule has 1 aliphatic carbocycles. The van der Waals surface area contributed by atoms with Gasteiger partial charge in [0, 0.05) is 36.1 Å². The topological polar surface area (TPSA) is 230 Å². The number of carbonyl (C=O) groups excluding carboxylic acids is 2. The molecule has 0 aromatic heterocycles. The Balaban J connectivity index is 1.21. The van der Waals surface area contributed by atoms with Crippen LogP contribution in [0.5, 0.6) is 0 Å². The van der Waals surface area contributed by atoms with Crippen molar-refractivity contribution in [2.75, 3.05) is 26.3 Å². The smallest absolute Gasteiger partial charge is 0.245 e. The summed E-state index contributed by atoms with van der Waals surface area (Å²) in [6.07, 6.45) is -11.7. The number of benzene rings is 2. The average molecular weight is 719 g/mol. The van der Waals surface area contributed by atoms with Crippen molar-refractivity contribution in [3.63, 3.8) is 0 Å². The minimum absolute atomic E-state index is 0.113. The molecule has 4 fully saturated rings. The Hall–Kier alpha value is -3.90. The number of nitrogens with one attached hydrogen (secondary N) is 1. The zero-order valence-corrected chi connectivity index (χ0v) is 28.1. The van der Waals surface area contributed by atoms with Crippen molar-refractivity contribution in [1.29, 1.82) is 0 Å². The van der Waals surface area contributed by atoms with Gasteiger partial charge in [0.25, 0.3) is 0 Å². The molecule has 7 rings (SSSR count). The van der Waals surface area contributed by atoms with E-state index in [1.165, 1.54) is 0 Å². The molecule has 0 saturated carbocycles. The quantitative estimate of drug-likeness (QED) is 0.147. The Morgan fingerprint density at radius 3 is 1.65 bits per heavy atom. The molecular formula is C38H42N2O12. The van der Waals surface area contributed by atoms with Crippen molar-refractivity contribution in [2.45, 2.75) is 98.2 Å². The Kier molecular flexibility index (Phi) is 10.2. The fourth-order valence-electron chi connectivity index (χ4n) is 8.07. The molecule has 1 spiro atoms. The molecule has 5 aliphatic rings. The molecule has 14 heteroatoms. The van der Waals surface area contributed by atoms with Gasteiger partial charge >= 0.3 is 0 Å². The van der Waals surface area contributed by atoms with Crippen LogP contribution in [0.15, 0.2) is 36.4 Å². The summed E-state index contributed by atoms with van der Waals surface area (Å²) in [6, 6.07) is 10.9. The van der Waals surface area contributed by atoms with Gasteiger partial charge in [-0.05, 0) is 65.8 Å². The largest absolute Gasteiger partial charge is 0.394 e. The third-order valence-electron chi connectivity index (χ3n) is 11.1. The monoisotopic (exact) mass is 718 g/mol. The maximum atomic E-state index is 13.4. The molecule has 276 valence electrons. The fourth-order valence-corrected chi connectivity index (χ4v) is 8.07. The number of amides is 2. The lowest BCUT2D eigenvalue weighted by molar-refractivity contribution is -0.214. The van der Waals surface area contributed by atoms with Crippen molar-refractivity contribution < 1.29 is 59.9 Å². The lowest BCUT2D eigenvalue weighted by Crippen LogP contribution is -2.58. The first-order valence-electron chi connectivity index (χ1n) is 17.5. The number of fused-ring (bicyclic) bond motifs is 5. The predicted molar refractivity (Wildman–Crippen MR) is 181 cm³/mol. The summed E-state index contributed by atoms with van der Waals surface area (Å²) in [4.78, 5) is 27.0. The maximum absolute atomic E-state index is 13.4. The van der Waals surface area contributed by atoms with Crippen molar-refractivity contribution in [3.8, 4) is 34.8 Å². The number of ether oxygens (including phenoxy) is 2. The van der Waals surface area contributed by atoms with Crippen LogP contribution in [0.1, 0.15) is 47.9 Å². The van der Waals surface area contributed by atoms with Gasteiger partial charge in [0.05, 0.1) is 13.2 Å². The number of likely N-dealkylation sites (tertiary alicyclic amines) is 1. The summed E-state index contributed by atoms with van der Waals surface area (Å²) in [7, 11) is 0. The van der Waals surface area contributed by atoms with Gasteiger partial charge < -0.3 is 60.5 Å². The van der Waals surface area contributed by atoms with E-state index in [-0.39, 0.29) is 11.8 Å². The number of carbonyl (C=O) groups is 2. The van der Waals surface area contributed by atoms with E-state index in [2.05, 4.69) is 29.0 Å². The normalized spacial score (nSPS) is 34.7. The molecule has 2 aromatic rings. The van der Waals surface area contributed by atoms with Crippen molar-refractivity contribution in [1.82, 2.24) is 10.2 Å². The first kappa shape index (κ1) is 36.5. The van der Waals surface area contributed by atoms with Crippen molar-refractivity contribution >= 4 is 11.8 Å². The zero-order valence-electron chi connectivity index (χ0n) is 28.1. The van der Waals surface area contributed by atoms with E-state index in [0.717, 1.165) is 22.3 Å². The number of rotatable bonds is 3. The van der Waals surface area contributed by atoms with Crippen molar-refractivity contribution in [2.24, 2.45) is 0 Å². The van der Waals surface area contributed by atoms with Crippen LogP contribution < -0.4 is 5.32 Å². The van der Waals surface area contributed by atoms with Gasteiger partial charge in [0.2, 0.25) is 11.8 Å². The molecule has 4 aliphatic heterocycles. The van der Waals surface area contributed by atoms with E-state index in [0.29, 0.717) is 49.9 Å². The molecule has 2 amide bonds. The molecule has 9 N–H and O–H groups in total. The van der Waals surface area contributed by atoms with Crippen LogP contribution in [0.4, 0.5) is 0 Å². The number of piperidine rings is 1. The minimum atomic E-state index is -1.55. The number of nitrogens with zero attached hydrogens (tertiary/aromatic N) is 1. The van der Waals surface area contributed by atoms with E-state index in [4.69, 9.17) is 9.47 Å². The summed E-state index contributed by atoms with van der Waals surface area (Å²) in [6.45, 7) is -0.286. The molecule has 4 heterocycles. The van der Waals surface area contributed by atoms with E-state index >= 15 is 0 Å². The highest BCUT2D eigenvalue weighted by molar-refractivity contribution is 5.91. The number of hydrogen-bond donors (Lipinski definition) is 9. The molecule has 0 bridgehead atoms. The summed E-state index contributed by atoms with van der Waals surface area (Å²) >= 11 is 0. The molecule has 4 saturated heterocycles. The number of hydrogen-bond acceptors (Lipinski definition) is 12. The van der Waals surface area contributed by atoms with Crippen LogP contribution in [0.3, 0.4) is 0 Å². The van der Waals surface area contributed by atoms with Crippen LogP contribution in [0.2, 0.25) is 0 Å². The SMILES string of the molecule is O=C1CC[C@@H](C(=O)N2CCC3(CC2)c2cc(C#C[C@H]4O[C@H](CO)[C@@H](O)[C@H](O)[C@@H]4O)ccc2-c2ccc(C#C[C@H]4O[C@H](CO)[C@@H](O)[C@H](O)[C@@H]4O)cc23)N1. The highest BCUT2D eigenvalue weighted by atomic mass is 16.5. The number of aliphatic hydroxyl groups excluding tert-OH is 8. The molecule has 52 heavy (non-hydrogen) atoms. The summed E-state index contributed by atoms with van der Waals surface area (Å²) < 4.78 is 11.1. The lowest BCUT2D eigenvalue weighted by Gasteiger charge is -2.41. The van der Waals surface area contributed by atoms with Crippen LogP contribution in [0.25, 0.3) is 11.1 Å². The zero-order chi connectivity index (χ0) is 36.9. The second kappa shape index (κ2) is 14.5. The Labute approximate surface area is 299 Å². The van der Waals surface area contributed by atoms with Crippen LogP contribution in [0, 0.1) is 23.7 Å². The van der Waals surface area contributed by atoms with Crippen LogP contribution in [-0.4, -0.2) is 151 Å². The second-order valence-electron chi connectivity index (χ2n) is 14.1. The van der Waals surface area contributed by atoms with Crippen LogP contribution >= 0.6 is 0 Å². The number of aliphatic hydroxyl groups is 8. The molecular weight excluding hydrogens is 676 g/mol. The Morgan fingerprint density at radius 2 is 1.23 bits per heavy atom. The van der Waals surface area contributed by atoms with Gasteiger partial charge in [-0.1, -0.05) is 35.8 Å². The highest BCUT2D eigenvalue weighted by Crippen LogP contribution is 2.54. The third-order valence-corrected chi connectivity index (χ3v) is 11.1. The molecule has 0 unspecified atom stereocenters. The van der Waals surface area contributed by atoms with Gasteiger partial charge in [0.1, 0.15) is 67.1 Å². The standard InChI is InChI=1S/C38H42N2O12/c41-17-28-33(46)35(48)31(44)26(51-28)8-3-19-1-5-21-22-6-2-20(4-9-27-32(45)36(49)34(47)29(18-42)52-27)16-24(22)38(23(21)15-19)11-13-40(14-12-38)37(50)25-7-10-30(43)39-25/h1-2,5-6,15-16,25-29,31-36,41-42,44-49H,7,10-14,17-18H2,(H,39,43)/t25-,26+,27+,28+,29+,31+,32+,33+,34+,35+,36+/m0/s1. The molecule has 11 atom stereocenters. The Bertz CT molecular complexity index is 1730. The van der Waals surface area contributed by atoms with Crippen molar-refractivity contribution in [3.05, 3.63) is 58.7 Å². The van der Waals surface area contributed by atoms with Gasteiger partial charge in [-0.25, -0.2) is 0 Å². The molecule has 0 radical (unpaired) electrons. The van der Waals surface area contributed by atoms with Gasteiger partial charge in [-0.3, -0.25) is 9.59 Å². The summed E-state index contributed by atoms with van der Waals surface area (Å²) in [5.74, 6) is 11.5. The van der Waals surface area contributed by atoms with Gasteiger partial charge in [0.15, 0.2) is 0 Å². The fraction of sp³-hybridized carbons (Fsp3) is 0.526. The Morgan fingerprint density at radius 1 is 0.750 bits per heavy atom. The summed E-state index contributed by atoms with van der Waals surface area (Å²) in [5, 5.41) is 83.7. The summed E-state index contributed by atoms with van der Waals surface area (Å²) in [5.41, 5.74) is 4.50. The third kappa shape index (κ3) is 6.39.